The first-order valence-corrected chi connectivity index (χ1v) is 7.61. The third kappa shape index (κ3) is 2.76. The van der Waals surface area contributed by atoms with Gasteiger partial charge in [-0.3, -0.25) is 4.57 Å². The molecular formula is C13H13ClN4OS. The molecule has 0 spiro atoms. The molecule has 1 aliphatic rings. The lowest BCUT2D eigenvalue weighted by Gasteiger charge is -2.10. The lowest BCUT2D eigenvalue weighted by molar-refractivity contribution is 0.218. The number of likely N-dealkylation sites (tertiary alicyclic amines) is 1. The Morgan fingerprint density at radius 2 is 2.15 bits per heavy atom. The van der Waals surface area contributed by atoms with E-state index in [-0.39, 0.29) is 6.03 Å². The standard InChI is InChI=1S/C13H13ClN4OS/c14-10-3-4-11(15-9-10)18-7-8-20-13(18)16-12(19)17-5-1-2-6-17/h3-4,7-9H,1-2,5-6H2/b16-13-. The first-order chi connectivity index (χ1) is 9.74. The summed E-state index contributed by atoms with van der Waals surface area (Å²) in [5.41, 5.74) is 0. The fraction of sp³-hybridized carbons (Fsp3) is 0.308. The third-order valence-corrected chi connectivity index (χ3v) is 4.10. The largest absolute Gasteiger partial charge is 0.346 e. The van der Waals surface area contributed by atoms with Crippen LogP contribution in [0.5, 0.6) is 0 Å². The zero-order valence-corrected chi connectivity index (χ0v) is 12.3. The van der Waals surface area contributed by atoms with Gasteiger partial charge in [-0.25, -0.2) is 9.78 Å². The first-order valence-electron chi connectivity index (χ1n) is 6.36. The number of pyridine rings is 1. The number of carbonyl (C=O) groups is 1. The minimum Gasteiger partial charge on any atom is -0.323 e. The number of aromatic nitrogens is 2. The molecule has 7 heteroatoms. The van der Waals surface area contributed by atoms with Gasteiger partial charge in [0, 0.05) is 30.9 Å². The highest BCUT2D eigenvalue weighted by Gasteiger charge is 2.17. The minimum absolute atomic E-state index is 0.173. The van der Waals surface area contributed by atoms with Gasteiger partial charge in [0.15, 0.2) is 4.80 Å². The summed E-state index contributed by atoms with van der Waals surface area (Å²) in [7, 11) is 0. The molecule has 0 aliphatic carbocycles. The summed E-state index contributed by atoms with van der Waals surface area (Å²) < 4.78 is 1.79. The first kappa shape index (κ1) is 13.3. The van der Waals surface area contributed by atoms with Crippen LogP contribution in [-0.2, 0) is 0 Å². The van der Waals surface area contributed by atoms with Crippen molar-refractivity contribution >= 4 is 29.0 Å². The van der Waals surface area contributed by atoms with Gasteiger partial charge in [-0.15, -0.1) is 11.3 Å². The average Bonchev–Trinajstić information content (AvgIpc) is 3.10. The molecule has 3 rings (SSSR count). The van der Waals surface area contributed by atoms with Crippen LogP contribution in [-0.4, -0.2) is 33.6 Å². The van der Waals surface area contributed by atoms with Crippen molar-refractivity contribution in [3.8, 4) is 5.82 Å². The molecule has 2 amide bonds. The van der Waals surface area contributed by atoms with Crippen molar-refractivity contribution in [3.05, 3.63) is 39.7 Å². The Hall–Kier alpha value is -1.66. The molecule has 2 aromatic rings. The zero-order chi connectivity index (χ0) is 13.9. The van der Waals surface area contributed by atoms with Crippen LogP contribution in [0.4, 0.5) is 4.79 Å². The van der Waals surface area contributed by atoms with Gasteiger partial charge in [0.05, 0.1) is 5.02 Å². The minimum atomic E-state index is -0.173. The molecular weight excluding hydrogens is 296 g/mol. The SMILES string of the molecule is O=C(/N=c1\sccn1-c1ccc(Cl)cn1)N1CCCC1. The maximum atomic E-state index is 12.1. The Morgan fingerprint density at radius 1 is 1.35 bits per heavy atom. The number of amides is 2. The van der Waals surface area contributed by atoms with E-state index >= 15 is 0 Å². The van der Waals surface area contributed by atoms with Crippen molar-refractivity contribution in [2.45, 2.75) is 12.8 Å². The maximum absolute atomic E-state index is 12.1. The van der Waals surface area contributed by atoms with Crippen LogP contribution < -0.4 is 4.80 Å². The van der Waals surface area contributed by atoms with Crippen molar-refractivity contribution in [3.63, 3.8) is 0 Å². The predicted molar refractivity (Wildman–Crippen MR) is 78.2 cm³/mol. The second-order valence-corrected chi connectivity index (χ2v) is 5.79. The van der Waals surface area contributed by atoms with Crippen LogP contribution >= 0.6 is 22.9 Å². The van der Waals surface area contributed by atoms with Crippen molar-refractivity contribution < 1.29 is 4.79 Å². The summed E-state index contributed by atoms with van der Waals surface area (Å²) in [5, 5.41) is 2.46. The van der Waals surface area contributed by atoms with Crippen molar-refractivity contribution in [1.82, 2.24) is 14.5 Å². The molecule has 0 unspecified atom stereocenters. The van der Waals surface area contributed by atoms with Crippen molar-refractivity contribution in [2.24, 2.45) is 4.99 Å². The fourth-order valence-electron chi connectivity index (χ4n) is 2.10. The van der Waals surface area contributed by atoms with Crippen LogP contribution in [0.15, 0.2) is 34.9 Å². The number of carbonyl (C=O) groups excluding carboxylic acids is 1. The topological polar surface area (TPSA) is 50.5 Å². The van der Waals surface area contributed by atoms with E-state index in [0.29, 0.717) is 15.6 Å². The molecule has 0 N–H and O–H groups in total. The van der Waals surface area contributed by atoms with Gasteiger partial charge in [-0.1, -0.05) is 11.6 Å². The molecule has 0 saturated carbocycles. The molecule has 1 fully saturated rings. The highest BCUT2D eigenvalue weighted by molar-refractivity contribution is 7.07. The number of nitrogens with zero attached hydrogens (tertiary/aromatic N) is 4. The molecule has 1 saturated heterocycles. The van der Waals surface area contributed by atoms with Gasteiger partial charge in [0.1, 0.15) is 5.82 Å². The lowest BCUT2D eigenvalue weighted by atomic mass is 10.4. The van der Waals surface area contributed by atoms with Crippen LogP contribution in [0.3, 0.4) is 0 Å². The molecule has 5 nitrogen and oxygen atoms in total. The van der Waals surface area contributed by atoms with Gasteiger partial charge in [-0.05, 0) is 25.0 Å². The van der Waals surface area contributed by atoms with Gasteiger partial charge in [0.2, 0.25) is 0 Å². The van der Waals surface area contributed by atoms with E-state index in [1.165, 1.54) is 11.3 Å². The summed E-state index contributed by atoms with van der Waals surface area (Å²) in [4.78, 5) is 22.9. The zero-order valence-electron chi connectivity index (χ0n) is 10.7. The van der Waals surface area contributed by atoms with Gasteiger partial charge in [0.25, 0.3) is 0 Å². The summed E-state index contributed by atoms with van der Waals surface area (Å²) in [6.45, 7) is 1.60. The van der Waals surface area contributed by atoms with Crippen LogP contribution in [0.1, 0.15) is 12.8 Å². The van der Waals surface area contributed by atoms with Gasteiger partial charge < -0.3 is 4.90 Å². The van der Waals surface area contributed by atoms with E-state index in [1.807, 2.05) is 11.6 Å². The smallest absolute Gasteiger partial charge is 0.323 e. The number of halogens is 1. The van der Waals surface area contributed by atoms with Gasteiger partial charge >= 0.3 is 6.03 Å². The normalized spacial score (nSPS) is 15.8. The number of hydrogen-bond acceptors (Lipinski definition) is 3. The van der Waals surface area contributed by atoms with E-state index in [9.17, 15) is 4.79 Å². The molecule has 3 heterocycles. The second-order valence-electron chi connectivity index (χ2n) is 4.48. The van der Waals surface area contributed by atoms with E-state index in [0.717, 1.165) is 25.9 Å². The number of urea groups is 1. The van der Waals surface area contributed by atoms with E-state index in [1.54, 1.807) is 27.8 Å². The second kappa shape index (κ2) is 5.76. The Bertz CT molecular complexity index is 670. The summed E-state index contributed by atoms with van der Waals surface area (Å²) >= 11 is 7.24. The van der Waals surface area contributed by atoms with E-state index in [2.05, 4.69) is 9.98 Å². The number of thiazole rings is 1. The highest BCUT2D eigenvalue weighted by Crippen LogP contribution is 2.10. The van der Waals surface area contributed by atoms with Crippen molar-refractivity contribution in [2.75, 3.05) is 13.1 Å². The Morgan fingerprint density at radius 3 is 2.85 bits per heavy atom. The van der Waals surface area contributed by atoms with Gasteiger partial charge in [-0.2, -0.15) is 4.99 Å². The Labute approximate surface area is 125 Å². The monoisotopic (exact) mass is 308 g/mol. The summed E-state index contributed by atoms with van der Waals surface area (Å²) in [5.74, 6) is 0.698. The Kier molecular flexibility index (Phi) is 3.84. The molecule has 104 valence electrons. The summed E-state index contributed by atoms with van der Waals surface area (Å²) in [6.07, 6.45) is 5.54. The van der Waals surface area contributed by atoms with Crippen LogP contribution in [0.2, 0.25) is 5.02 Å². The Balaban J connectivity index is 1.93. The average molecular weight is 309 g/mol. The molecule has 1 aliphatic heterocycles. The van der Waals surface area contributed by atoms with E-state index in [4.69, 9.17) is 11.6 Å². The van der Waals surface area contributed by atoms with E-state index < -0.39 is 0 Å². The quantitative estimate of drug-likeness (QED) is 0.813. The highest BCUT2D eigenvalue weighted by atomic mass is 35.5. The fourth-order valence-corrected chi connectivity index (χ4v) is 2.91. The molecule has 20 heavy (non-hydrogen) atoms. The maximum Gasteiger partial charge on any atom is 0.346 e. The number of rotatable bonds is 1. The predicted octanol–water partition coefficient (Wildman–Crippen LogP) is 2.70. The third-order valence-electron chi connectivity index (χ3n) is 3.12. The lowest BCUT2D eigenvalue weighted by Crippen LogP contribution is -2.27. The molecule has 0 bridgehead atoms. The van der Waals surface area contributed by atoms with Crippen LogP contribution in [0, 0.1) is 0 Å². The molecule has 0 radical (unpaired) electrons. The van der Waals surface area contributed by atoms with Crippen LogP contribution in [0.25, 0.3) is 5.82 Å². The number of hydrogen-bond donors (Lipinski definition) is 0. The molecule has 0 aromatic carbocycles. The molecule has 2 aromatic heterocycles. The summed E-state index contributed by atoms with van der Waals surface area (Å²) in [6, 6.07) is 3.39. The molecule has 0 atom stereocenters. The van der Waals surface area contributed by atoms with Crippen molar-refractivity contribution in [1.29, 1.82) is 0 Å².